The average molecular weight is 281 g/mol. The highest BCUT2D eigenvalue weighted by Crippen LogP contribution is 2.20. The second-order valence-electron chi connectivity index (χ2n) is 3.45. The van der Waals surface area contributed by atoms with E-state index in [2.05, 4.69) is 21.2 Å². The summed E-state index contributed by atoms with van der Waals surface area (Å²) in [4.78, 5) is 0. The lowest BCUT2D eigenvalue weighted by Gasteiger charge is -2.15. The first-order valence-corrected chi connectivity index (χ1v) is 5.84. The Morgan fingerprint density at radius 3 is 2.56 bits per heavy atom. The van der Waals surface area contributed by atoms with Crippen LogP contribution in [0.2, 0.25) is 0 Å². The molecule has 1 unspecified atom stereocenters. The zero-order valence-electron chi connectivity index (χ0n) is 8.69. The summed E-state index contributed by atoms with van der Waals surface area (Å²) in [5.41, 5.74) is 6.73. The number of nitrogens with two attached hydrogens (primary N) is 1. The SMILES string of the molecule is NCC(Nc1ccc(Br)cc1)c1ccco1. The third-order valence-corrected chi connectivity index (χ3v) is 2.84. The molecule has 0 radical (unpaired) electrons. The molecule has 0 aliphatic carbocycles. The summed E-state index contributed by atoms with van der Waals surface area (Å²) in [6.07, 6.45) is 1.65. The van der Waals surface area contributed by atoms with Crippen molar-refractivity contribution in [2.75, 3.05) is 11.9 Å². The Morgan fingerprint density at radius 1 is 1.25 bits per heavy atom. The van der Waals surface area contributed by atoms with Crippen molar-refractivity contribution in [3.63, 3.8) is 0 Å². The molecule has 16 heavy (non-hydrogen) atoms. The van der Waals surface area contributed by atoms with Gasteiger partial charge in [-0.2, -0.15) is 0 Å². The zero-order valence-corrected chi connectivity index (χ0v) is 10.3. The molecule has 3 nitrogen and oxygen atoms in total. The molecule has 2 aromatic rings. The molecule has 1 aromatic carbocycles. The molecule has 0 fully saturated rings. The average Bonchev–Trinajstić information content (AvgIpc) is 2.82. The van der Waals surface area contributed by atoms with Crippen molar-refractivity contribution >= 4 is 21.6 Å². The molecule has 3 N–H and O–H groups in total. The van der Waals surface area contributed by atoms with Crippen molar-refractivity contribution in [2.45, 2.75) is 6.04 Å². The maximum Gasteiger partial charge on any atom is 0.127 e. The predicted octanol–water partition coefficient (Wildman–Crippen LogP) is 3.15. The van der Waals surface area contributed by atoms with E-state index in [9.17, 15) is 0 Å². The number of benzene rings is 1. The smallest absolute Gasteiger partial charge is 0.127 e. The van der Waals surface area contributed by atoms with Crippen LogP contribution in [0.25, 0.3) is 0 Å². The fourth-order valence-corrected chi connectivity index (χ4v) is 1.75. The summed E-state index contributed by atoms with van der Waals surface area (Å²) in [7, 11) is 0. The molecule has 0 aliphatic rings. The Kier molecular flexibility index (Phi) is 3.64. The normalized spacial score (nSPS) is 12.4. The van der Waals surface area contributed by atoms with Gasteiger partial charge in [0.1, 0.15) is 5.76 Å². The molecule has 84 valence electrons. The van der Waals surface area contributed by atoms with Gasteiger partial charge in [0.25, 0.3) is 0 Å². The molecule has 4 heteroatoms. The van der Waals surface area contributed by atoms with E-state index in [4.69, 9.17) is 10.2 Å². The number of rotatable bonds is 4. The molecule has 1 aromatic heterocycles. The third kappa shape index (κ3) is 2.65. The molecule has 0 saturated carbocycles. The van der Waals surface area contributed by atoms with Gasteiger partial charge >= 0.3 is 0 Å². The van der Waals surface area contributed by atoms with Crippen molar-refractivity contribution in [1.29, 1.82) is 0 Å². The fourth-order valence-electron chi connectivity index (χ4n) is 1.48. The third-order valence-electron chi connectivity index (χ3n) is 2.31. The minimum Gasteiger partial charge on any atom is -0.467 e. The molecule has 0 amide bonds. The molecule has 0 saturated heterocycles. The first kappa shape index (κ1) is 11.2. The summed E-state index contributed by atoms with van der Waals surface area (Å²) < 4.78 is 6.39. The molecule has 1 heterocycles. The molecule has 0 spiro atoms. The van der Waals surface area contributed by atoms with Gasteiger partial charge in [0.05, 0.1) is 12.3 Å². The van der Waals surface area contributed by atoms with Crippen LogP contribution >= 0.6 is 15.9 Å². The van der Waals surface area contributed by atoms with E-state index in [0.717, 1.165) is 15.9 Å². The van der Waals surface area contributed by atoms with E-state index in [-0.39, 0.29) is 6.04 Å². The number of furan rings is 1. The summed E-state index contributed by atoms with van der Waals surface area (Å²) in [5.74, 6) is 0.852. The summed E-state index contributed by atoms with van der Waals surface area (Å²) in [6, 6.07) is 11.8. The van der Waals surface area contributed by atoms with E-state index in [1.165, 1.54) is 0 Å². The van der Waals surface area contributed by atoms with Crippen LogP contribution in [0.15, 0.2) is 51.6 Å². The van der Waals surface area contributed by atoms with Crippen molar-refractivity contribution in [3.05, 3.63) is 52.9 Å². The highest BCUT2D eigenvalue weighted by molar-refractivity contribution is 9.10. The number of nitrogens with one attached hydrogen (secondary N) is 1. The zero-order chi connectivity index (χ0) is 11.4. The van der Waals surface area contributed by atoms with Crippen molar-refractivity contribution < 1.29 is 4.42 Å². The van der Waals surface area contributed by atoms with Gasteiger partial charge < -0.3 is 15.5 Å². The van der Waals surface area contributed by atoms with E-state index in [1.807, 2.05) is 36.4 Å². The van der Waals surface area contributed by atoms with Crippen molar-refractivity contribution in [2.24, 2.45) is 5.73 Å². The Morgan fingerprint density at radius 2 is 2.00 bits per heavy atom. The monoisotopic (exact) mass is 280 g/mol. The topological polar surface area (TPSA) is 51.2 Å². The minimum atomic E-state index is 0.0103. The van der Waals surface area contributed by atoms with Crippen LogP contribution in [-0.4, -0.2) is 6.54 Å². The van der Waals surface area contributed by atoms with E-state index >= 15 is 0 Å². The first-order chi connectivity index (χ1) is 7.79. The van der Waals surface area contributed by atoms with Crippen LogP contribution in [0.4, 0.5) is 5.69 Å². The van der Waals surface area contributed by atoms with E-state index in [1.54, 1.807) is 6.26 Å². The van der Waals surface area contributed by atoms with Gasteiger partial charge in [-0.15, -0.1) is 0 Å². The van der Waals surface area contributed by atoms with Crippen molar-refractivity contribution in [1.82, 2.24) is 0 Å². The number of hydrogen-bond donors (Lipinski definition) is 2. The van der Waals surface area contributed by atoms with Crippen LogP contribution < -0.4 is 11.1 Å². The fraction of sp³-hybridized carbons (Fsp3) is 0.167. The predicted molar refractivity (Wildman–Crippen MR) is 68.3 cm³/mol. The lowest BCUT2D eigenvalue weighted by Crippen LogP contribution is -2.19. The molecule has 0 aliphatic heterocycles. The van der Waals surface area contributed by atoms with E-state index in [0.29, 0.717) is 6.54 Å². The van der Waals surface area contributed by atoms with Gasteiger partial charge in [-0.25, -0.2) is 0 Å². The minimum absolute atomic E-state index is 0.0103. The second-order valence-corrected chi connectivity index (χ2v) is 4.37. The number of anilines is 1. The van der Waals surface area contributed by atoms with Crippen LogP contribution in [0, 0.1) is 0 Å². The van der Waals surface area contributed by atoms with Gasteiger partial charge in [0, 0.05) is 16.7 Å². The molecular weight excluding hydrogens is 268 g/mol. The lowest BCUT2D eigenvalue weighted by atomic mass is 10.2. The van der Waals surface area contributed by atoms with Crippen molar-refractivity contribution in [3.8, 4) is 0 Å². The Hall–Kier alpha value is -1.26. The maximum atomic E-state index is 5.71. The number of halogens is 1. The second kappa shape index (κ2) is 5.18. The first-order valence-electron chi connectivity index (χ1n) is 5.05. The molecule has 1 atom stereocenters. The van der Waals surface area contributed by atoms with Gasteiger partial charge in [0.15, 0.2) is 0 Å². The summed E-state index contributed by atoms with van der Waals surface area (Å²) in [6.45, 7) is 0.490. The van der Waals surface area contributed by atoms with Gasteiger partial charge in [-0.3, -0.25) is 0 Å². The summed E-state index contributed by atoms with van der Waals surface area (Å²) in [5, 5.41) is 3.32. The van der Waals surface area contributed by atoms with Crippen LogP contribution in [-0.2, 0) is 0 Å². The van der Waals surface area contributed by atoms with Gasteiger partial charge in [-0.05, 0) is 36.4 Å². The molecular formula is C12H13BrN2O. The van der Waals surface area contributed by atoms with Crippen LogP contribution in [0.5, 0.6) is 0 Å². The van der Waals surface area contributed by atoms with E-state index < -0.39 is 0 Å². The summed E-state index contributed by atoms with van der Waals surface area (Å²) >= 11 is 3.40. The molecule has 0 bridgehead atoms. The largest absolute Gasteiger partial charge is 0.467 e. The maximum absolute atomic E-state index is 5.71. The highest BCUT2D eigenvalue weighted by Gasteiger charge is 2.11. The van der Waals surface area contributed by atoms with Crippen LogP contribution in [0.1, 0.15) is 11.8 Å². The standard InChI is InChI=1S/C12H13BrN2O/c13-9-3-5-10(6-4-9)15-11(8-14)12-2-1-7-16-12/h1-7,11,15H,8,14H2. The Balaban J connectivity index is 2.10. The van der Waals surface area contributed by atoms with Gasteiger partial charge in [0.2, 0.25) is 0 Å². The quantitative estimate of drug-likeness (QED) is 0.905. The molecule has 2 rings (SSSR count). The Bertz CT molecular complexity index is 425. The lowest BCUT2D eigenvalue weighted by molar-refractivity contribution is 0.482. The van der Waals surface area contributed by atoms with Gasteiger partial charge in [-0.1, -0.05) is 15.9 Å². The van der Waals surface area contributed by atoms with Crippen LogP contribution in [0.3, 0.4) is 0 Å². The number of hydrogen-bond acceptors (Lipinski definition) is 3. The highest BCUT2D eigenvalue weighted by atomic mass is 79.9. The Labute approximate surface area is 103 Å².